The van der Waals surface area contributed by atoms with E-state index in [1.807, 2.05) is 0 Å². The zero-order chi connectivity index (χ0) is 12.1. The van der Waals surface area contributed by atoms with Gasteiger partial charge in [-0.25, -0.2) is 0 Å². The summed E-state index contributed by atoms with van der Waals surface area (Å²) in [7, 11) is 0. The zero-order valence-electron chi connectivity index (χ0n) is 9.86. The molecule has 0 aromatic rings. The third kappa shape index (κ3) is 10.3. The van der Waals surface area contributed by atoms with Crippen LogP contribution in [0.4, 0.5) is 0 Å². The molecular weight excluding hydrogens is 210 g/mol. The Balaban J connectivity index is 0.000000315. The van der Waals surface area contributed by atoms with Crippen LogP contribution in [0.3, 0.4) is 0 Å². The molecule has 0 atom stereocenters. The number of piperazine rings is 1. The normalized spacial score (nSPS) is 15.8. The molecule has 6 heteroatoms. The molecule has 0 saturated carbocycles. The molecule has 16 heavy (non-hydrogen) atoms. The van der Waals surface area contributed by atoms with E-state index in [1.54, 1.807) is 4.90 Å². The number of aliphatic hydroxyl groups is 3. The van der Waals surface area contributed by atoms with Crippen LogP contribution in [0.5, 0.6) is 0 Å². The van der Waals surface area contributed by atoms with E-state index >= 15 is 0 Å². The van der Waals surface area contributed by atoms with Crippen LogP contribution in [0.1, 0.15) is 0 Å². The van der Waals surface area contributed by atoms with Gasteiger partial charge in [-0.1, -0.05) is 0 Å². The molecule has 1 aliphatic rings. The molecule has 1 heterocycles. The summed E-state index contributed by atoms with van der Waals surface area (Å²) in [5.41, 5.74) is 0. The first-order valence-corrected chi connectivity index (χ1v) is 5.81. The molecule has 0 radical (unpaired) electrons. The van der Waals surface area contributed by atoms with Crippen LogP contribution in [0.2, 0.25) is 0 Å². The van der Waals surface area contributed by atoms with E-state index in [0.717, 1.165) is 26.2 Å². The Morgan fingerprint density at radius 2 is 1.00 bits per heavy atom. The lowest BCUT2D eigenvalue weighted by Crippen LogP contribution is -2.39. The third-order valence-electron chi connectivity index (χ3n) is 2.21. The van der Waals surface area contributed by atoms with E-state index in [1.165, 1.54) is 0 Å². The minimum Gasteiger partial charge on any atom is -0.395 e. The van der Waals surface area contributed by atoms with Crippen LogP contribution in [-0.2, 0) is 0 Å². The standard InChI is InChI=1S/C6H15NO3.C4H10N2/c8-4-1-7(2-5-9)3-6-10;1-2-6-4-3-5-1/h8-10H,1-6H2;5-6H,1-4H2. The van der Waals surface area contributed by atoms with Crippen LogP contribution in [0, 0.1) is 0 Å². The van der Waals surface area contributed by atoms with E-state index in [9.17, 15) is 0 Å². The van der Waals surface area contributed by atoms with Gasteiger partial charge < -0.3 is 26.0 Å². The van der Waals surface area contributed by atoms with Gasteiger partial charge in [-0.15, -0.1) is 0 Å². The molecule has 5 N–H and O–H groups in total. The summed E-state index contributed by atoms with van der Waals surface area (Å²) in [5, 5.41) is 31.9. The molecule has 0 spiro atoms. The Morgan fingerprint density at radius 1 is 0.688 bits per heavy atom. The van der Waals surface area contributed by atoms with Gasteiger partial charge in [0.25, 0.3) is 0 Å². The maximum Gasteiger partial charge on any atom is 0.0558 e. The highest BCUT2D eigenvalue weighted by Gasteiger charge is 2.00. The maximum absolute atomic E-state index is 8.48. The van der Waals surface area contributed by atoms with Crippen LogP contribution < -0.4 is 10.6 Å². The zero-order valence-corrected chi connectivity index (χ0v) is 9.86. The average Bonchev–Trinajstić information content (AvgIpc) is 2.33. The lowest BCUT2D eigenvalue weighted by atomic mass is 10.4. The summed E-state index contributed by atoms with van der Waals surface area (Å²) in [6, 6.07) is 0. The molecule has 0 unspecified atom stereocenters. The Kier molecular flexibility index (Phi) is 12.6. The fraction of sp³-hybridized carbons (Fsp3) is 1.00. The molecule has 0 aliphatic carbocycles. The second-order valence-electron chi connectivity index (χ2n) is 3.51. The summed E-state index contributed by atoms with van der Waals surface area (Å²) in [6.45, 7) is 6.31. The maximum atomic E-state index is 8.48. The van der Waals surface area contributed by atoms with Gasteiger partial charge in [0, 0.05) is 45.8 Å². The SMILES string of the molecule is C1CNCCN1.OCCN(CCO)CCO. The summed E-state index contributed by atoms with van der Waals surface area (Å²) in [5.74, 6) is 0. The summed E-state index contributed by atoms with van der Waals surface area (Å²) in [4.78, 5) is 1.79. The molecule has 1 fully saturated rings. The molecule has 1 rings (SSSR count). The molecule has 0 aromatic heterocycles. The highest BCUT2D eigenvalue weighted by Crippen LogP contribution is 1.84. The van der Waals surface area contributed by atoms with Crippen molar-refractivity contribution in [1.82, 2.24) is 15.5 Å². The summed E-state index contributed by atoms with van der Waals surface area (Å²) < 4.78 is 0. The minimum absolute atomic E-state index is 0.0694. The van der Waals surface area contributed by atoms with E-state index in [2.05, 4.69) is 10.6 Å². The van der Waals surface area contributed by atoms with E-state index in [0.29, 0.717) is 19.6 Å². The van der Waals surface area contributed by atoms with Gasteiger partial charge in [-0.05, 0) is 0 Å². The van der Waals surface area contributed by atoms with Crippen molar-refractivity contribution in [3.8, 4) is 0 Å². The Labute approximate surface area is 97.3 Å². The second-order valence-corrected chi connectivity index (χ2v) is 3.51. The molecular formula is C10H25N3O3. The van der Waals surface area contributed by atoms with Gasteiger partial charge in [0.05, 0.1) is 19.8 Å². The molecule has 0 aromatic carbocycles. The van der Waals surface area contributed by atoms with E-state index in [-0.39, 0.29) is 19.8 Å². The predicted molar refractivity (Wildman–Crippen MR) is 63.4 cm³/mol. The number of hydrogen-bond acceptors (Lipinski definition) is 6. The number of aliphatic hydroxyl groups excluding tert-OH is 3. The number of rotatable bonds is 6. The van der Waals surface area contributed by atoms with Gasteiger partial charge in [-0.2, -0.15) is 0 Å². The van der Waals surface area contributed by atoms with Crippen molar-refractivity contribution < 1.29 is 15.3 Å². The van der Waals surface area contributed by atoms with Crippen LogP contribution in [-0.4, -0.2) is 85.9 Å². The van der Waals surface area contributed by atoms with Gasteiger partial charge >= 0.3 is 0 Å². The van der Waals surface area contributed by atoms with Crippen molar-refractivity contribution in [1.29, 1.82) is 0 Å². The Bertz CT molecular complexity index is 109. The van der Waals surface area contributed by atoms with E-state index < -0.39 is 0 Å². The van der Waals surface area contributed by atoms with Crippen LogP contribution in [0.15, 0.2) is 0 Å². The fourth-order valence-electron chi connectivity index (χ4n) is 1.36. The van der Waals surface area contributed by atoms with Crippen LogP contribution >= 0.6 is 0 Å². The van der Waals surface area contributed by atoms with Crippen molar-refractivity contribution >= 4 is 0 Å². The van der Waals surface area contributed by atoms with Crippen molar-refractivity contribution in [2.75, 3.05) is 65.6 Å². The molecule has 1 aliphatic heterocycles. The predicted octanol–water partition coefficient (Wildman–Crippen LogP) is -2.56. The van der Waals surface area contributed by atoms with Gasteiger partial charge in [0.15, 0.2) is 0 Å². The first-order chi connectivity index (χ1) is 7.85. The minimum atomic E-state index is 0.0694. The topological polar surface area (TPSA) is 88.0 Å². The van der Waals surface area contributed by atoms with Crippen LogP contribution in [0.25, 0.3) is 0 Å². The van der Waals surface area contributed by atoms with Crippen molar-refractivity contribution in [2.24, 2.45) is 0 Å². The quantitative estimate of drug-likeness (QED) is 0.348. The summed E-state index contributed by atoms with van der Waals surface area (Å²) >= 11 is 0. The largest absolute Gasteiger partial charge is 0.395 e. The second kappa shape index (κ2) is 12.8. The fourth-order valence-corrected chi connectivity index (χ4v) is 1.36. The third-order valence-corrected chi connectivity index (χ3v) is 2.21. The first kappa shape index (κ1) is 15.8. The van der Waals surface area contributed by atoms with Crippen molar-refractivity contribution in [3.05, 3.63) is 0 Å². The van der Waals surface area contributed by atoms with Gasteiger partial charge in [0.2, 0.25) is 0 Å². The molecule has 98 valence electrons. The average molecular weight is 235 g/mol. The lowest BCUT2D eigenvalue weighted by Gasteiger charge is -2.17. The Hall–Kier alpha value is -0.240. The van der Waals surface area contributed by atoms with Crippen molar-refractivity contribution in [2.45, 2.75) is 0 Å². The molecule has 6 nitrogen and oxygen atoms in total. The monoisotopic (exact) mass is 235 g/mol. The highest BCUT2D eigenvalue weighted by atomic mass is 16.3. The number of nitrogens with one attached hydrogen (secondary N) is 2. The Morgan fingerprint density at radius 3 is 1.19 bits per heavy atom. The van der Waals surface area contributed by atoms with Crippen molar-refractivity contribution in [3.63, 3.8) is 0 Å². The smallest absolute Gasteiger partial charge is 0.0558 e. The number of nitrogens with zero attached hydrogens (tertiary/aromatic N) is 1. The highest BCUT2D eigenvalue weighted by molar-refractivity contribution is 4.59. The molecule has 0 amide bonds. The lowest BCUT2D eigenvalue weighted by molar-refractivity contribution is 0.136. The van der Waals surface area contributed by atoms with Gasteiger partial charge in [0.1, 0.15) is 0 Å². The summed E-state index contributed by atoms with van der Waals surface area (Å²) in [6.07, 6.45) is 0. The number of hydrogen-bond donors (Lipinski definition) is 5. The van der Waals surface area contributed by atoms with E-state index in [4.69, 9.17) is 15.3 Å². The molecule has 1 saturated heterocycles. The van der Waals surface area contributed by atoms with Gasteiger partial charge in [-0.3, -0.25) is 4.90 Å². The molecule has 0 bridgehead atoms. The first-order valence-electron chi connectivity index (χ1n) is 5.81.